The standard InChI is InChI=1S/C39H44F5N5O5/c40-37(41)19-48(20-37)25-1-3-27(4-2-25)54-28-5-6-29-31(18-49(32(29)16-28)26-7-9-53-10-8-26)34-45-17-30(33(46-34)39(42,43)44)35(50)47-38(36(51)52)23-12-21-11-22(14-23)15-24(38)13-21/h5-6,16-18,21-27H,1-4,7-15,19-20H2,(H,47,50)(H,51,52)/t21?,22?,23?,24?,25-,27+,38?. The van der Waals surface area contributed by atoms with Gasteiger partial charge in [0.05, 0.1) is 30.3 Å². The van der Waals surface area contributed by atoms with E-state index < -0.39 is 40.8 Å². The fourth-order valence-corrected chi connectivity index (χ4v) is 11.0. The zero-order chi connectivity index (χ0) is 37.6. The van der Waals surface area contributed by atoms with E-state index in [1.807, 2.05) is 15.5 Å². The minimum absolute atomic E-state index is 0.00401. The van der Waals surface area contributed by atoms with Crippen molar-refractivity contribution in [3.8, 4) is 17.1 Å². The predicted molar refractivity (Wildman–Crippen MR) is 185 cm³/mol. The van der Waals surface area contributed by atoms with Crippen molar-refractivity contribution in [2.24, 2.45) is 23.7 Å². The van der Waals surface area contributed by atoms with E-state index in [4.69, 9.17) is 9.47 Å². The molecule has 2 N–H and O–H groups in total. The van der Waals surface area contributed by atoms with Gasteiger partial charge in [-0.3, -0.25) is 9.69 Å². The highest BCUT2D eigenvalue weighted by atomic mass is 19.4. The Kier molecular flexibility index (Phi) is 8.71. The van der Waals surface area contributed by atoms with Gasteiger partial charge in [-0.05, 0) is 106 Å². The molecule has 0 unspecified atom stereocenters. The molecule has 2 saturated heterocycles. The average molecular weight is 758 g/mol. The Balaban J connectivity index is 1.01. The molecule has 7 fully saturated rings. The number of carbonyl (C=O) groups excluding carboxylic acids is 1. The van der Waals surface area contributed by atoms with E-state index in [1.165, 1.54) is 0 Å². The van der Waals surface area contributed by atoms with Gasteiger partial charge in [0, 0.05) is 54.7 Å². The lowest BCUT2D eigenvalue weighted by Crippen LogP contribution is -2.70. The lowest BCUT2D eigenvalue weighted by molar-refractivity contribution is -0.163. The number of likely N-dealkylation sites (tertiary alicyclic amines) is 1. The Morgan fingerprint density at radius 2 is 1.59 bits per heavy atom. The number of hydrogen-bond acceptors (Lipinski definition) is 7. The Morgan fingerprint density at radius 1 is 0.926 bits per heavy atom. The second-order valence-corrected chi connectivity index (χ2v) is 16.7. The van der Waals surface area contributed by atoms with Crippen LogP contribution in [0.2, 0.25) is 0 Å². The Hall–Kier alpha value is -3.85. The summed E-state index contributed by atoms with van der Waals surface area (Å²) in [6.45, 7) is 0.674. The fraction of sp³-hybridized carbons (Fsp3) is 0.641. The number of hydrogen-bond donors (Lipinski definition) is 2. The highest BCUT2D eigenvalue weighted by Crippen LogP contribution is 2.58. The number of carboxylic acid groups (broad SMARTS) is 1. The number of benzene rings is 1. The summed E-state index contributed by atoms with van der Waals surface area (Å²) in [5, 5.41) is 13.7. The molecule has 0 radical (unpaired) electrons. The van der Waals surface area contributed by atoms with Crippen molar-refractivity contribution in [1.82, 2.24) is 24.8 Å². The monoisotopic (exact) mass is 757 g/mol. The molecule has 7 aliphatic rings. The van der Waals surface area contributed by atoms with Crippen molar-refractivity contribution >= 4 is 22.8 Å². The molecule has 2 aromatic heterocycles. The van der Waals surface area contributed by atoms with Gasteiger partial charge in [0.2, 0.25) is 0 Å². The largest absolute Gasteiger partial charge is 0.490 e. The lowest BCUT2D eigenvalue weighted by atomic mass is 9.48. The van der Waals surface area contributed by atoms with Gasteiger partial charge in [0.1, 0.15) is 11.3 Å². The molecule has 1 aromatic carbocycles. The van der Waals surface area contributed by atoms with Crippen molar-refractivity contribution < 1.29 is 46.1 Å². The minimum atomic E-state index is -5.03. The number of rotatable bonds is 8. The van der Waals surface area contributed by atoms with Crippen LogP contribution in [0.1, 0.15) is 92.7 Å². The van der Waals surface area contributed by atoms with E-state index in [1.54, 1.807) is 18.3 Å². The van der Waals surface area contributed by atoms with Crippen LogP contribution in [0.5, 0.6) is 5.75 Å². The van der Waals surface area contributed by atoms with E-state index in [0.717, 1.165) is 43.8 Å². The van der Waals surface area contributed by atoms with Crippen molar-refractivity contribution in [2.45, 2.75) is 106 Å². The van der Waals surface area contributed by atoms with Crippen LogP contribution in [0.15, 0.2) is 30.6 Å². The molecule has 0 atom stereocenters. The Morgan fingerprint density at radius 3 is 2.20 bits per heavy atom. The molecule has 0 spiro atoms. The number of nitrogens with one attached hydrogen (secondary N) is 1. The van der Waals surface area contributed by atoms with Crippen LogP contribution in [0.4, 0.5) is 22.0 Å². The molecule has 1 amide bonds. The minimum Gasteiger partial charge on any atom is -0.490 e. The summed E-state index contributed by atoms with van der Waals surface area (Å²) in [5.74, 6) is -4.47. The lowest BCUT2D eigenvalue weighted by Gasteiger charge is -2.59. The number of alkyl halides is 5. The molecule has 2 aliphatic heterocycles. The van der Waals surface area contributed by atoms with Gasteiger partial charge in [0.15, 0.2) is 11.5 Å². The normalized spacial score (nSPS) is 32.4. The Bertz CT molecular complexity index is 1920. The summed E-state index contributed by atoms with van der Waals surface area (Å²) in [6.07, 6.45) is 5.43. The van der Waals surface area contributed by atoms with E-state index in [9.17, 15) is 36.6 Å². The molecule has 5 aliphatic carbocycles. The maximum absolute atomic E-state index is 14.8. The maximum Gasteiger partial charge on any atom is 0.434 e. The third-order valence-corrected chi connectivity index (χ3v) is 13.4. The molecule has 54 heavy (non-hydrogen) atoms. The number of amides is 1. The smallest absolute Gasteiger partial charge is 0.434 e. The van der Waals surface area contributed by atoms with E-state index in [0.29, 0.717) is 80.3 Å². The first-order chi connectivity index (χ1) is 25.8. The van der Waals surface area contributed by atoms with Crippen LogP contribution in [0.3, 0.4) is 0 Å². The van der Waals surface area contributed by atoms with Crippen LogP contribution in [-0.2, 0) is 15.7 Å². The summed E-state index contributed by atoms with van der Waals surface area (Å²) in [6, 6.07) is 5.54. The number of fused-ring (bicyclic) bond motifs is 1. The van der Waals surface area contributed by atoms with Gasteiger partial charge in [-0.2, -0.15) is 13.2 Å². The second-order valence-electron chi connectivity index (χ2n) is 16.7. The number of aliphatic carboxylic acids is 1. The summed E-state index contributed by atoms with van der Waals surface area (Å²) < 4.78 is 85.2. The van der Waals surface area contributed by atoms with Crippen LogP contribution < -0.4 is 10.1 Å². The number of ether oxygens (including phenoxy) is 2. The summed E-state index contributed by atoms with van der Waals surface area (Å²) in [5.41, 5.74) is -2.76. The zero-order valence-corrected chi connectivity index (χ0v) is 29.8. The zero-order valence-electron chi connectivity index (χ0n) is 29.8. The first-order valence-electron chi connectivity index (χ1n) is 19.3. The van der Waals surface area contributed by atoms with E-state index >= 15 is 0 Å². The van der Waals surface area contributed by atoms with Gasteiger partial charge < -0.3 is 24.5 Å². The van der Waals surface area contributed by atoms with Gasteiger partial charge in [-0.1, -0.05) is 0 Å². The maximum atomic E-state index is 14.8. The molecule has 290 valence electrons. The molecule has 5 saturated carbocycles. The second kappa shape index (κ2) is 13.1. The highest BCUT2D eigenvalue weighted by molar-refractivity contribution is 6.00. The fourth-order valence-electron chi connectivity index (χ4n) is 11.0. The molecule has 4 bridgehead atoms. The SMILES string of the molecule is O=C(NC1(C(=O)O)C2CC3CC(C2)CC1C3)c1cnc(-c2cn(C3CCOCC3)c3cc(O[C@H]4CC[C@@H](N5CC(F)(F)C5)CC4)ccc23)nc1C(F)(F)F. The third-order valence-electron chi connectivity index (χ3n) is 13.4. The van der Waals surface area contributed by atoms with Crippen molar-refractivity contribution in [1.29, 1.82) is 0 Å². The Labute approximate surface area is 308 Å². The molecular formula is C39H44F5N5O5. The number of carbonyl (C=O) groups is 2. The first-order valence-corrected chi connectivity index (χ1v) is 19.3. The van der Waals surface area contributed by atoms with Crippen LogP contribution in [-0.4, -0.2) is 86.3 Å². The number of halogens is 5. The molecular weight excluding hydrogens is 713 g/mol. The van der Waals surface area contributed by atoms with Crippen LogP contribution >= 0.6 is 0 Å². The highest BCUT2D eigenvalue weighted by Gasteiger charge is 2.62. The van der Waals surface area contributed by atoms with Gasteiger partial charge in [-0.15, -0.1) is 0 Å². The molecule has 15 heteroatoms. The number of aromatic nitrogens is 3. The molecule has 10 rings (SSSR count). The summed E-state index contributed by atoms with van der Waals surface area (Å²) in [7, 11) is 0. The predicted octanol–water partition coefficient (Wildman–Crippen LogP) is 7.12. The molecule has 3 aromatic rings. The summed E-state index contributed by atoms with van der Waals surface area (Å²) in [4.78, 5) is 36.8. The topological polar surface area (TPSA) is 119 Å². The van der Waals surface area contributed by atoms with Crippen molar-refractivity contribution in [2.75, 3.05) is 26.3 Å². The summed E-state index contributed by atoms with van der Waals surface area (Å²) >= 11 is 0. The van der Waals surface area contributed by atoms with Crippen LogP contribution in [0.25, 0.3) is 22.3 Å². The number of nitrogens with zero attached hydrogens (tertiary/aromatic N) is 4. The van der Waals surface area contributed by atoms with Gasteiger partial charge in [-0.25, -0.2) is 23.5 Å². The van der Waals surface area contributed by atoms with Gasteiger partial charge >= 0.3 is 12.1 Å². The number of carboxylic acids is 1. The van der Waals surface area contributed by atoms with Crippen LogP contribution in [0, 0.1) is 23.7 Å². The van der Waals surface area contributed by atoms with Gasteiger partial charge in [0.25, 0.3) is 11.8 Å². The third kappa shape index (κ3) is 6.22. The molecule has 4 heterocycles. The first kappa shape index (κ1) is 35.8. The molecule has 10 nitrogen and oxygen atoms in total. The van der Waals surface area contributed by atoms with Crippen molar-refractivity contribution in [3.05, 3.63) is 41.9 Å². The van der Waals surface area contributed by atoms with Crippen molar-refractivity contribution in [3.63, 3.8) is 0 Å². The average Bonchev–Trinajstić information content (AvgIpc) is 3.50. The van der Waals surface area contributed by atoms with E-state index in [2.05, 4.69) is 15.3 Å². The van der Waals surface area contributed by atoms with E-state index in [-0.39, 0.29) is 48.9 Å². The quantitative estimate of drug-likeness (QED) is 0.234.